The minimum absolute atomic E-state index is 0.152. The Kier molecular flexibility index (Phi) is 4.22. The largest absolute Gasteiger partial charge is 0.494 e. The first-order chi connectivity index (χ1) is 9.17. The lowest BCUT2D eigenvalue weighted by molar-refractivity contribution is 0.385. The molecule has 2 rings (SSSR count). The Balaban J connectivity index is 2.39. The van der Waals surface area contributed by atoms with E-state index in [2.05, 4.69) is 5.32 Å². The van der Waals surface area contributed by atoms with Crippen LogP contribution in [0, 0.1) is 12.7 Å². The van der Waals surface area contributed by atoms with Crippen molar-refractivity contribution in [1.29, 1.82) is 0 Å². The molecule has 0 aliphatic heterocycles. The third-order valence-corrected chi connectivity index (χ3v) is 3.08. The second-order valence-electron chi connectivity index (χ2n) is 4.35. The van der Waals surface area contributed by atoms with Crippen molar-refractivity contribution in [3.8, 4) is 5.75 Å². The van der Waals surface area contributed by atoms with Gasteiger partial charge in [-0.3, -0.25) is 0 Å². The fourth-order valence-electron chi connectivity index (χ4n) is 2.11. The number of nitrogens with one attached hydrogen (secondary N) is 1. The number of methoxy groups -OCH3 is 1. The van der Waals surface area contributed by atoms with Crippen LogP contribution < -0.4 is 10.1 Å². The van der Waals surface area contributed by atoms with Crippen molar-refractivity contribution >= 4 is 0 Å². The van der Waals surface area contributed by atoms with Crippen LogP contribution in [0.5, 0.6) is 5.75 Å². The van der Waals surface area contributed by atoms with E-state index in [0.717, 1.165) is 23.4 Å². The molecule has 1 N–H and O–H groups in total. The Hall–Kier alpha value is -1.81. The van der Waals surface area contributed by atoms with Gasteiger partial charge >= 0.3 is 0 Å². The Labute approximate surface area is 112 Å². The van der Waals surface area contributed by atoms with Crippen LogP contribution >= 0.6 is 0 Å². The lowest BCUT2D eigenvalue weighted by Gasteiger charge is -2.17. The number of aryl methyl sites for hydroxylation is 1. The quantitative estimate of drug-likeness (QED) is 0.897. The summed E-state index contributed by atoms with van der Waals surface area (Å²) in [5.41, 5.74) is 1.86. The van der Waals surface area contributed by atoms with Gasteiger partial charge in [0.2, 0.25) is 0 Å². The normalized spacial score (nSPS) is 12.4. The molecule has 102 valence electrons. The predicted octanol–water partition coefficient (Wildman–Crippen LogP) is 3.43. The Bertz CT molecular complexity index is 551. The van der Waals surface area contributed by atoms with Crippen LogP contribution in [0.1, 0.15) is 29.9 Å². The van der Waals surface area contributed by atoms with E-state index in [-0.39, 0.29) is 17.6 Å². The maximum absolute atomic E-state index is 13.8. The van der Waals surface area contributed by atoms with E-state index < -0.39 is 0 Å². The summed E-state index contributed by atoms with van der Waals surface area (Å²) in [6, 6.07) is 6.71. The molecule has 1 aromatic heterocycles. The number of halogens is 1. The number of hydrogen-bond donors (Lipinski definition) is 1. The summed E-state index contributed by atoms with van der Waals surface area (Å²) in [5, 5.41) is 3.31. The molecule has 0 amide bonds. The predicted molar refractivity (Wildman–Crippen MR) is 71.9 cm³/mol. The minimum atomic E-state index is -0.368. The third-order valence-electron chi connectivity index (χ3n) is 3.08. The van der Waals surface area contributed by atoms with E-state index in [0.29, 0.717) is 0 Å². The Morgan fingerprint density at radius 2 is 2.16 bits per heavy atom. The lowest BCUT2D eigenvalue weighted by Crippen LogP contribution is -2.22. The topological polar surface area (TPSA) is 34.4 Å². The highest BCUT2D eigenvalue weighted by atomic mass is 19.1. The highest BCUT2D eigenvalue weighted by molar-refractivity contribution is 5.35. The van der Waals surface area contributed by atoms with E-state index in [1.165, 1.54) is 13.2 Å². The summed E-state index contributed by atoms with van der Waals surface area (Å²) in [4.78, 5) is 0. The standard InChI is InChI=1S/C15H18FNO2/c1-4-17-14(15-10(2)7-8-19-15)11-5-6-13(18-3)12(16)9-11/h5-9,14,17H,4H2,1-3H3. The van der Waals surface area contributed by atoms with Crippen molar-refractivity contribution in [2.75, 3.05) is 13.7 Å². The molecule has 0 radical (unpaired) electrons. The molecule has 19 heavy (non-hydrogen) atoms. The molecule has 1 heterocycles. The fraction of sp³-hybridized carbons (Fsp3) is 0.333. The molecule has 0 fully saturated rings. The van der Waals surface area contributed by atoms with Gasteiger partial charge in [0.25, 0.3) is 0 Å². The van der Waals surface area contributed by atoms with Crippen LogP contribution in [0.4, 0.5) is 4.39 Å². The molecule has 2 aromatic rings. The highest BCUT2D eigenvalue weighted by Gasteiger charge is 2.19. The van der Waals surface area contributed by atoms with E-state index in [4.69, 9.17) is 9.15 Å². The maximum atomic E-state index is 13.8. The first kappa shape index (κ1) is 13.6. The molecule has 0 bridgehead atoms. The first-order valence-corrected chi connectivity index (χ1v) is 6.28. The van der Waals surface area contributed by atoms with Crippen LogP contribution in [-0.2, 0) is 0 Å². The number of ether oxygens (including phenoxy) is 1. The molecule has 0 spiro atoms. The second-order valence-corrected chi connectivity index (χ2v) is 4.35. The van der Waals surface area contributed by atoms with E-state index >= 15 is 0 Å². The van der Waals surface area contributed by atoms with Gasteiger partial charge in [-0.2, -0.15) is 0 Å². The third kappa shape index (κ3) is 2.79. The number of hydrogen-bond acceptors (Lipinski definition) is 3. The molecule has 0 aliphatic rings. The van der Waals surface area contributed by atoms with Gasteiger partial charge in [0.1, 0.15) is 5.76 Å². The summed E-state index contributed by atoms with van der Waals surface area (Å²) in [6.45, 7) is 4.74. The molecule has 0 saturated carbocycles. The SMILES string of the molecule is CCNC(c1ccc(OC)c(F)c1)c1occc1C. The molecule has 1 unspecified atom stereocenters. The Morgan fingerprint density at radius 1 is 1.37 bits per heavy atom. The fourth-order valence-corrected chi connectivity index (χ4v) is 2.11. The van der Waals surface area contributed by atoms with Crippen LogP contribution in [0.3, 0.4) is 0 Å². The molecular formula is C15H18FNO2. The summed E-state index contributed by atoms with van der Waals surface area (Å²) in [7, 11) is 1.45. The van der Waals surface area contributed by atoms with Crippen LogP contribution in [0.25, 0.3) is 0 Å². The van der Waals surface area contributed by atoms with Gasteiger partial charge in [0.15, 0.2) is 11.6 Å². The van der Waals surface area contributed by atoms with Crippen molar-refractivity contribution in [3.05, 3.63) is 53.2 Å². The van der Waals surface area contributed by atoms with Crippen molar-refractivity contribution < 1.29 is 13.5 Å². The van der Waals surface area contributed by atoms with Gasteiger partial charge in [0, 0.05) is 0 Å². The van der Waals surface area contributed by atoms with Crippen LogP contribution in [0.15, 0.2) is 34.9 Å². The monoisotopic (exact) mass is 263 g/mol. The van der Waals surface area contributed by atoms with Gasteiger partial charge in [-0.25, -0.2) is 4.39 Å². The van der Waals surface area contributed by atoms with Crippen molar-refractivity contribution in [3.63, 3.8) is 0 Å². The van der Waals surface area contributed by atoms with Gasteiger partial charge in [-0.1, -0.05) is 13.0 Å². The van der Waals surface area contributed by atoms with Gasteiger partial charge in [0.05, 0.1) is 19.4 Å². The number of furan rings is 1. The maximum Gasteiger partial charge on any atom is 0.165 e. The van der Waals surface area contributed by atoms with Gasteiger partial charge in [-0.15, -0.1) is 0 Å². The van der Waals surface area contributed by atoms with Crippen molar-refractivity contribution in [1.82, 2.24) is 5.32 Å². The summed E-state index contributed by atoms with van der Waals surface area (Å²) >= 11 is 0. The average Bonchev–Trinajstić information content (AvgIpc) is 2.82. The average molecular weight is 263 g/mol. The first-order valence-electron chi connectivity index (χ1n) is 6.28. The number of benzene rings is 1. The molecule has 0 saturated heterocycles. The molecular weight excluding hydrogens is 245 g/mol. The number of rotatable bonds is 5. The second kappa shape index (κ2) is 5.89. The minimum Gasteiger partial charge on any atom is -0.494 e. The smallest absolute Gasteiger partial charge is 0.165 e. The van der Waals surface area contributed by atoms with Crippen LogP contribution in [0.2, 0.25) is 0 Å². The molecule has 1 atom stereocenters. The highest BCUT2D eigenvalue weighted by Crippen LogP contribution is 2.28. The van der Waals surface area contributed by atoms with Crippen LogP contribution in [-0.4, -0.2) is 13.7 Å². The molecule has 3 nitrogen and oxygen atoms in total. The van der Waals surface area contributed by atoms with E-state index in [1.54, 1.807) is 12.3 Å². The summed E-state index contributed by atoms with van der Waals surface area (Å²) in [5.74, 6) is 0.689. The summed E-state index contributed by atoms with van der Waals surface area (Å²) < 4.78 is 24.3. The zero-order valence-corrected chi connectivity index (χ0v) is 11.4. The van der Waals surface area contributed by atoms with Crippen molar-refractivity contribution in [2.45, 2.75) is 19.9 Å². The molecule has 1 aromatic carbocycles. The van der Waals surface area contributed by atoms with Gasteiger partial charge in [-0.05, 0) is 42.8 Å². The van der Waals surface area contributed by atoms with E-state index in [1.807, 2.05) is 26.0 Å². The zero-order chi connectivity index (χ0) is 13.8. The molecule has 0 aliphatic carbocycles. The lowest BCUT2D eigenvalue weighted by atomic mass is 10.0. The van der Waals surface area contributed by atoms with Gasteiger partial charge < -0.3 is 14.5 Å². The molecule has 4 heteroatoms. The van der Waals surface area contributed by atoms with E-state index in [9.17, 15) is 4.39 Å². The summed E-state index contributed by atoms with van der Waals surface area (Å²) in [6.07, 6.45) is 1.65. The van der Waals surface area contributed by atoms with Crippen molar-refractivity contribution in [2.24, 2.45) is 0 Å². The Morgan fingerprint density at radius 3 is 2.68 bits per heavy atom. The zero-order valence-electron chi connectivity index (χ0n) is 11.4.